The Bertz CT molecular complexity index is 242. The second-order valence-corrected chi connectivity index (χ2v) is 2.91. The largest absolute Gasteiger partial charge is 0.481 e. The number of carbonyl (C=O) groups excluding carboxylic acids is 2. The van der Waals surface area contributed by atoms with Gasteiger partial charge >= 0.3 is 12.0 Å². The Morgan fingerprint density at radius 2 is 1.80 bits per heavy atom. The molecule has 7 nitrogen and oxygen atoms in total. The smallest absolute Gasteiger partial charge is 0.318 e. The minimum absolute atomic E-state index is 0.0977. The van der Waals surface area contributed by atoms with Gasteiger partial charge in [0, 0.05) is 19.4 Å². The highest BCUT2D eigenvalue weighted by molar-refractivity contribution is 5.93. The first-order valence-corrected chi connectivity index (χ1v) is 4.54. The van der Waals surface area contributed by atoms with Crippen molar-refractivity contribution in [2.75, 3.05) is 13.1 Å². The van der Waals surface area contributed by atoms with Crippen LogP contribution in [0.1, 0.15) is 19.3 Å². The number of primary amides is 1. The zero-order valence-corrected chi connectivity index (χ0v) is 8.28. The van der Waals surface area contributed by atoms with Gasteiger partial charge in [-0.05, 0) is 13.0 Å². The van der Waals surface area contributed by atoms with Crippen LogP contribution < -0.4 is 16.4 Å². The molecule has 0 saturated carbocycles. The number of hydrogen-bond donors (Lipinski definition) is 4. The highest BCUT2D eigenvalue weighted by Gasteiger charge is 2.02. The maximum absolute atomic E-state index is 10.8. The first-order valence-electron chi connectivity index (χ1n) is 4.54. The SMILES string of the molecule is NC(=O)NC(=O)CCNCCCC(=O)O. The molecule has 0 aliphatic carbocycles. The third kappa shape index (κ3) is 10.3. The van der Waals surface area contributed by atoms with E-state index in [2.05, 4.69) is 5.32 Å². The topological polar surface area (TPSA) is 122 Å². The number of carbonyl (C=O) groups is 3. The Balaban J connectivity index is 3.27. The quantitative estimate of drug-likeness (QED) is 0.408. The second-order valence-electron chi connectivity index (χ2n) is 2.91. The van der Waals surface area contributed by atoms with E-state index >= 15 is 0 Å². The minimum atomic E-state index is -0.870. The van der Waals surface area contributed by atoms with Crippen LogP contribution in [0.5, 0.6) is 0 Å². The van der Waals surface area contributed by atoms with Gasteiger partial charge in [0.15, 0.2) is 0 Å². The molecule has 3 amide bonds. The van der Waals surface area contributed by atoms with Crippen molar-refractivity contribution in [2.24, 2.45) is 5.73 Å². The third-order valence-corrected chi connectivity index (χ3v) is 1.54. The molecule has 0 aromatic carbocycles. The van der Waals surface area contributed by atoms with Crippen LogP contribution in [0.3, 0.4) is 0 Å². The predicted molar refractivity (Wildman–Crippen MR) is 52.1 cm³/mol. The summed E-state index contributed by atoms with van der Waals surface area (Å²) in [6, 6.07) is -0.870. The number of imide groups is 1. The predicted octanol–water partition coefficient (Wildman–Crippen LogP) is -0.974. The van der Waals surface area contributed by atoms with Gasteiger partial charge in [-0.15, -0.1) is 0 Å². The molecule has 15 heavy (non-hydrogen) atoms. The molecule has 0 heterocycles. The van der Waals surface area contributed by atoms with Gasteiger partial charge in [0.1, 0.15) is 0 Å². The number of hydrogen-bond acceptors (Lipinski definition) is 4. The first kappa shape index (κ1) is 13.4. The van der Waals surface area contributed by atoms with E-state index in [9.17, 15) is 14.4 Å². The van der Waals surface area contributed by atoms with Gasteiger partial charge in [-0.2, -0.15) is 0 Å². The molecule has 0 bridgehead atoms. The Morgan fingerprint density at radius 3 is 2.33 bits per heavy atom. The molecule has 0 atom stereocenters. The molecule has 0 aromatic rings. The van der Waals surface area contributed by atoms with E-state index in [1.165, 1.54) is 0 Å². The van der Waals surface area contributed by atoms with Crippen molar-refractivity contribution in [3.63, 3.8) is 0 Å². The van der Waals surface area contributed by atoms with Crippen LogP contribution in [0.2, 0.25) is 0 Å². The van der Waals surface area contributed by atoms with Crippen LogP contribution >= 0.6 is 0 Å². The summed E-state index contributed by atoms with van der Waals surface area (Å²) < 4.78 is 0. The van der Waals surface area contributed by atoms with E-state index in [1.54, 1.807) is 0 Å². The van der Waals surface area contributed by atoms with Gasteiger partial charge in [0.25, 0.3) is 0 Å². The molecule has 0 rings (SSSR count). The first-order chi connectivity index (χ1) is 7.02. The monoisotopic (exact) mass is 217 g/mol. The maximum atomic E-state index is 10.8. The molecule has 0 aliphatic heterocycles. The van der Waals surface area contributed by atoms with Crippen molar-refractivity contribution in [3.05, 3.63) is 0 Å². The lowest BCUT2D eigenvalue weighted by molar-refractivity contribution is -0.137. The molecule has 0 saturated heterocycles. The van der Waals surface area contributed by atoms with E-state index in [-0.39, 0.29) is 12.8 Å². The zero-order chi connectivity index (χ0) is 11.7. The number of rotatable bonds is 7. The van der Waals surface area contributed by atoms with Crippen molar-refractivity contribution in [2.45, 2.75) is 19.3 Å². The Hall–Kier alpha value is -1.63. The maximum Gasteiger partial charge on any atom is 0.318 e. The standard InChI is InChI=1S/C8H15N3O4/c9-8(15)11-6(12)3-5-10-4-1-2-7(13)14/h10H,1-5H2,(H,13,14)(H3,9,11,12,15). The number of urea groups is 1. The molecule has 7 heteroatoms. The highest BCUT2D eigenvalue weighted by Crippen LogP contribution is 1.86. The number of carboxylic acids is 1. The molecule has 0 spiro atoms. The molecular weight excluding hydrogens is 202 g/mol. The van der Waals surface area contributed by atoms with Gasteiger partial charge in [-0.3, -0.25) is 14.9 Å². The fourth-order valence-corrected chi connectivity index (χ4v) is 0.891. The molecule has 86 valence electrons. The molecule has 0 radical (unpaired) electrons. The molecule has 5 N–H and O–H groups in total. The second kappa shape index (κ2) is 7.74. The van der Waals surface area contributed by atoms with Crippen LogP contribution in [-0.4, -0.2) is 36.1 Å². The van der Waals surface area contributed by atoms with E-state index < -0.39 is 17.9 Å². The van der Waals surface area contributed by atoms with Crippen molar-refractivity contribution in [1.82, 2.24) is 10.6 Å². The Morgan fingerprint density at radius 1 is 1.13 bits per heavy atom. The van der Waals surface area contributed by atoms with E-state index in [0.717, 1.165) is 0 Å². The van der Waals surface area contributed by atoms with Gasteiger partial charge in [-0.25, -0.2) is 4.79 Å². The molecule has 0 aromatic heterocycles. The van der Waals surface area contributed by atoms with Crippen molar-refractivity contribution in [3.8, 4) is 0 Å². The van der Waals surface area contributed by atoms with E-state index in [4.69, 9.17) is 10.8 Å². The van der Waals surface area contributed by atoms with Crippen molar-refractivity contribution >= 4 is 17.9 Å². The van der Waals surface area contributed by atoms with Gasteiger partial charge in [-0.1, -0.05) is 0 Å². The lowest BCUT2D eigenvalue weighted by atomic mass is 10.3. The minimum Gasteiger partial charge on any atom is -0.481 e. The average Bonchev–Trinajstić information content (AvgIpc) is 2.09. The molecular formula is C8H15N3O4. The fourth-order valence-electron chi connectivity index (χ4n) is 0.891. The van der Waals surface area contributed by atoms with Gasteiger partial charge < -0.3 is 16.2 Å². The number of carboxylic acid groups (broad SMARTS) is 1. The number of amides is 3. The van der Waals surface area contributed by atoms with E-state index in [0.29, 0.717) is 19.5 Å². The van der Waals surface area contributed by atoms with Crippen molar-refractivity contribution in [1.29, 1.82) is 0 Å². The highest BCUT2D eigenvalue weighted by atomic mass is 16.4. The fraction of sp³-hybridized carbons (Fsp3) is 0.625. The Kier molecular flexibility index (Phi) is 6.90. The van der Waals surface area contributed by atoms with E-state index in [1.807, 2.05) is 5.32 Å². The molecule has 0 fully saturated rings. The van der Waals surface area contributed by atoms with Gasteiger partial charge in [0.05, 0.1) is 0 Å². The third-order valence-electron chi connectivity index (χ3n) is 1.54. The summed E-state index contributed by atoms with van der Waals surface area (Å²) in [4.78, 5) is 31.2. The zero-order valence-electron chi connectivity index (χ0n) is 8.28. The summed E-state index contributed by atoms with van der Waals surface area (Å²) in [5.74, 6) is -1.29. The molecule has 0 aliphatic rings. The van der Waals surface area contributed by atoms with Crippen LogP contribution in [0, 0.1) is 0 Å². The van der Waals surface area contributed by atoms with Crippen molar-refractivity contribution < 1.29 is 19.5 Å². The van der Waals surface area contributed by atoms with Crippen LogP contribution in [-0.2, 0) is 9.59 Å². The number of nitrogens with one attached hydrogen (secondary N) is 2. The van der Waals surface area contributed by atoms with Crippen LogP contribution in [0.15, 0.2) is 0 Å². The van der Waals surface area contributed by atoms with Gasteiger partial charge in [0.2, 0.25) is 5.91 Å². The summed E-state index contributed by atoms with van der Waals surface area (Å²) in [7, 11) is 0. The number of aliphatic carboxylic acids is 1. The average molecular weight is 217 g/mol. The normalized spacial score (nSPS) is 9.60. The molecule has 0 unspecified atom stereocenters. The summed E-state index contributed by atoms with van der Waals surface area (Å²) in [5.41, 5.74) is 4.72. The number of nitrogens with two attached hydrogens (primary N) is 1. The summed E-state index contributed by atoms with van der Waals surface area (Å²) in [5, 5.41) is 13.1. The Labute approximate surface area is 87.0 Å². The summed E-state index contributed by atoms with van der Waals surface area (Å²) >= 11 is 0. The van der Waals surface area contributed by atoms with Crippen LogP contribution in [0.4, 0.5) is 4.79 Å². The lowest BCUT2D eigenvalue weighted by Crippen LogP contribution is -2.36. The van der Waals surface area contributed by atoms with Crippen LogP contribution in [0.25, 0.3) is 0 Å². The lowest BCUT2D eigenvalue weighted by Gasteiger charge is -2.02. The summed E-state index contributed by atoms with van der Waals surface area (Å²) in [6.07, 6.45) is 0.739. The summed E-state index contributed by atoms with van der Waals surface area (Å²) in [6.45, 7) is 0.912.